The van der Waals surface area contributed by atoms with E-state index in [2.05, 4.69) is 24.1 Å². The molecule has 0 aliphatic carbocycles. The first-order valence-corrected chi connectivity index (χ1v) is 8.46. The maximum atomic E-state index is 5.66. The fourth-order valence-corrected chi connectivity index (χ4v) is 3.21. The molecule has 0 aliphatic heterocycles. The Balaban J connectivity index is 2.09. The molecule has 4 heteroatoms. The minimum Gasteiger partial charge on any atom is -0.330 e. The number of aromatic nitrogens is 1. The Bertz CT molecular complexity index is 319. The van der Waals surface area contributed by atoms with E-state index in [1.807, 2.05) is 17.5 Å². The van der Waals surface area contributed by atoms with E-state index in [0.29, 0.717) is 0 Å². The molecule has 19 heavy (non-hydrogen) atoms. The Hall–Kier alpha value is -0.450. The lowest BCUT2D eigenvalue weighted by atomic mass is 9.94. The summed E-state index contributed by atoms with van der Waals surface area (Å²) in [6, 6.07) is 0. The second kappa shape index (κ2) is 10.4. The predicted octanol–water partition coefficient (Wildman–Crippen LogP) is 3.34. The monoisotopic (exact) mass is 283 g/mol. The lowest BCUT2D eigenvalue weighted by Crippen LogP contribution is -2.16. The van der Waals surface area contributed by atoms with E-state index < -0.39 is 0 Å². The largest absolute Gasteiger partial charge is 0.330 e. The number of nitrogens with two attached hydrogens (primary N) is 1. The SMILES string of the molecule is CCCC(CCN)CCCNCc1ncc(CC)s1. The van der Waals surface area contributed by atoms with Gasteiger partial charge in [-0.1, -0.05) is 26.7 Å². The van der Waals surface area contributed by atoms with Crippen molar-refractivity contribution in [2.75, 3.05) is 13.1 Å². The third kappa shape index (κ3) is 7.04. The summed E-state index contributed by atoms with van der Waals surface area (Å²) < 4.78 is 0. The van der Waals surface area contributed by atoms with Crippen LogP contribution in [0.25, 0.3) is 0 Å². The van der Waals surface area contributed by atoms with Crippen molar-refractivity contribution in [1.82, 2.24) is 10.3 Å². The molecule has 0 saturated heterocycles. The molecule has 3 N–H and O–H groups in total. The first-order chi connectivity index (χ1) is 9.30. The molecule has 1 rings (SSSR count). The zero-order valence-electron chi connectivity index (χ0n) is 12.5. The molecule has 0 bridgehead atoms. The van der Waals surface area contributed by atoms with Crippen LogP contribution in [0.4, 0.5) is 0 Å². The van der Waals surface area contributed by atoms with E-state index in [1.165, 1.54) is 42.0 Å². The average Bonchev–Trinajstić information content (AvgIpc) is 2.87. The predicted molar refractivity (Wildman–Crippen MR) is 84.5 cm³/mol. The van der Waals surface area contributed by atoms with Crippen LogP contribution in [-0.4, -0.2) is 18.1 Å². The highest BCUT2D eigenvalue weighted by atomic mass is 32.1. The normalized spacial score (nSPS) is 12.8. The maximum Gasteiger partial charge on any atom is 0.107 e. The molecule has 0 spiro atoms. The molecule has 0 amide bonds. The molecule has 0 aliphatic rings. The van der Waals surface area contributed by atoms with E-state index in [-0.39, 0.29) is 0 Å². The second-order valence-electron chi connectivity index (χ2n) is 5.12. The number of thiazole rings is 1. The van der Waals surface area contributed by atoms with Gasteiger partial charge in [0.1, 0.15) is 5.01 Å². The highest BCUT2D eigenvalue weighted by Gasteiger charge is 2.06. The molecule has 3 nitrogen and oxygen atoms in total. The van der Waals surface area contributed by atoms with Crippen LogP contribution in [0.2, 0.25) is 0 Å². The number of aryl methyl sites for hydroxylation is 1. The molecule has 0 saturated carbocycles. The molecule has 110 valence electrons. The molecular weight excluding hydrogens is 254 g/mol. The maximum absolute atomic E-state index is 5.66. The molecule has 1 heterocycles. The van der Waals surface area contributed by atoms with Crippen LogP contribution in [-0.2, 0) is 13.0 Å². The van der Waals surface area contributed by atoms with Gasteiger partial charge in [-0.3, -0.25) is 0 Å². The summed E-state index contributed by atoms with van der Waals surface area (Å²) in [5.74, 6) is 0.823. The van der Waals surface area contributed by atoms with Crippen molar-refractivity contribution in [2.45, 2.75) is 58.9 Å². The highest BCUT2D eigenvalue weighted by molar-refractivity contribution is 7.11. The van der Waals surface area contributed by atoms with Crippen LogP contribution in [0.1, 0.15) is 55.8 Å². The van der Waals surface area contributed by atoms with Crippen molar-refractivity contribution in [3.05, 3.63) is 16.1 Å². The van der Waals surface area contributed by atoms with Gasteiger partial charge >= 0.3 is 0 Å². The smallest absolute Gasteiger partial charge is 0.107 e. The first kappa shape index (κ1) is 16.6. The summed E-state index contributed by atoms with van der Waals surface area (Å²) in [7, 11) is 0. The summed E-state index contributed by atoms with van der Waals surface area (Å²) in [6.45, 7) is 7.27. The Labute approximate surface area is 122 Å². The van der Waals surface area contributed by atoms with Crippen molar-refractivity contribution in [1.29, 1.82) is 0 Å². The van der Waals surface area contributed by atoms with Crippen LogP contribution in [0.3, 0.4) is 0 Å². The fraction of sp³-hybridized carbons (Fsp3) is 0.800. The fourth-order valence-electron chi connectivity index (χ4n) is 2.38. The molecule has 0 radical (unpaired) electrons. The molecule has 1 unspecified atom stereocenters. The van der Waals surface area contributed by atoms with Crippen molar-refractivity contribution in [3.8, 4) is 0 Å². The van der Waals surface area contributed by atoms with Gasteiger partial charge < -0.3 is 11.1 Å². The van der Waals surface area contributed by atoms with Crippen molar-refractivity contribution in [3.63, 3.8) is 0 Å². The Morgan fingerprint density at radius 3 is 2.79 bits per heavy atom. The zero-order chi connectivity index (χ0) is 13.9. The standard InChI is InChI=1S/C15H29N3S/c1-3-6-13(8-9-16)7-5-10-17-12-15-18-11-14(4-2)19-15/h11,13,17H,3-10,12,16H2,1-2H3. The van der Waals surface area contributed by atoms with Crippen LogP contribution < -0.4 is 11.1 Å². The van der Waals surface area contributed by atoms with Crippen molar-refractivity contribution >= 4 is 11.3 Å². The van der Waals surface area contributed by atoms with E-state index in [1.54, 1.807) is 0 Å². The van der Waals surface area contributed by atoms with E-state index in [4.69, 9.17) is 5.73 Å². The zero-order valence-corrected chi connectivity index (χ0v) is 13.3. The third-order valence-electron chi connectivity index (χ3n) is 3.46. The van der Waals surface area contributed by atoms with Crippen LogP contribution in [0.5, 0.6) is 0 Å². The van der Waals surface area contributed by atoms with Gasteiger partial charge in [0.2, 0.25) is 0 Å². The quantitative estimate of drug-likeness (QED) is 0.612. The number of hydrogen-bond donors (Lipinski definition) is 2. The number of nitrogens with zero attached hydrogens (tertiary/aromatic N) is 1. The van der Waals surface area contributed by atoms with Gasteiger partial charge in [-0.2, -0.15) is 0 Å². The Kier molecular flexibility index (Phi) is 9.05. The molecular formula is C15H29N3S. The van der Waals surface area contributed by atoms with Gasteiger partial charge in [-0.05, 0) is 44.7 Å². The summed E-state index contributed by atoms with van der Waals surface area (Å²) >= 11 is 1.82. The average molecular weight is 283 g/mol. The lowest BCUT2D eigenvalue weighted by Gasteiger charge is -2.14. The van der Waals surface area contributed by atoms with Gasteiger partial charge in [0.25, 0.3) is 0 Å². The van der Waals surface area contributed by atoms with Gasteiger partial charge in [0.15, 0.2) is 0 Å². The van der Waals surface area contributed by atoms with Crippen molar-refractivity contribution < 1.29 is 0 Å². The number of hydrogen-bond acceptors (Lipinski definition) is 4. The highest BCUT2D eigenvalue weighted by Crippen LogP contribution is 2.17. The topological polar surface area (TPSA) is 50.9 Å². The molecule has 1 aromatic heterocycles. The van der Waals surface area contributed by atoms with Crippen molar-refractivity contribution in [2.24, 2.45) is 11.7 Å². The minimum atomic E-state index is 0.823. The lowest BCUT2D eigenvalue weighted by molar-refractivity contribution is 0.403. The molecule has 0 aromatic carbocycles. The Morgan fingerprint density at radius 2 is 2.16 bits per heavy atom. The summed E-state index contributed by atoms with van der Waals surface area (Å²) in [5.41, 5.74) is 5.66. The summed E-state index contributed by atoms with van der Waals surface area (Å²) in [5, 5.41) is 4.71. The number of nitrogens with one attached hydrogen (secondary N) is 1. The van der Waals surface area contributed by atoms with Gasteiger partial charge in [-0.25, -0.2) is 4.98 Å². The van der Waals surface area contributed by atoms with E-state index in [9.17, 15) is 0 Å². The van der Waals surface area contributed by atoms with E-state index >= 15 is 0 Å². The van der Waals surface area contributed by atoms with Crippen LogP contribution in [0, 0.1) is 5.92 Å². The minimum absolute atomic E-state index is 0.823. The second-order valence-corrected chi connectivity index (χ2v) is 6.32. The van der Waals surface area contributed by atoms with Gasteiger partial charge in [0.05, 0.1) is 0 Å². The third-order valence-corrected chi connectivity index (χ3v) is 4.61. The Morgan fingerprint density at radius 1 is 1.32 bits per heavy atom. The number of rotatable bonds is 11. The summed E-state index contributed by atoms with van der Waals surface area (Å²) in [6.07, 6.45) is 9.42. The molecule has 1 atom stereocenters. The van der Waals surface area contributed by atoms with Gasteiger partial charge in [0, 0.05) is 17.6 Å². The van der Waals surface area contributed by atoms with Gasteiger partial charge in [-0.15, -0.1) is 11.3 Å². The first-order valence-electron chi connectivity index (χ1n) is 7.64. The molecule has 1 aromatic rings. The van der Waals surface area contributed by atoms with E-state index in [0.717, 1.165) is 32.0 Å². The van der Waals surface area contributed by atoms with Crippen LogP contribution in [0.15, 0.2) is 6.20 Å². The van der Waals surface area contributed by atoms with Crippen LogP contribution >= 0.6 is 11.3 Å². The molecule has 0 fully saturated rings. The summed E-state index contributed by atoms with van der Waals surface area (Å²) in [4.78, 5) is 5.80.